The molecule has 1 amide bonds. The Bertz CT molecular complexity index is 470. The minimum Gasteiger partial charge on any atom is -0.392 e. The molecule has 0 aromatic heterocycles. The summed E-state index contributed by atoms with van der Waals surface area (Å²) in [4.78, 5) is 16.8. The number of likely N-dealkylation sites (N-methyl/N-ethyl adjacent to an activating group) is 1. The summed E-state index contributed by atoms with van der Waals surface area (Å²) in [5.74, 6) is 0.124. The Balaban J connectivity index is 1.94. The Morgan fingerprint density at radius 1 is 1.29 bits per heavy atom. The topological polar surface area (TPSA) is 55.8 Å². The molecule has 1 aromatic rings. The van der Waals surface area contributed by atoms with Crippen molar-refractivity contribution in [3.63, 3.8) is 0 Å². The third-order valence-corrected chi connectivity index (χ3v) is 4.06. The largest absolute Gasteiger partial charge is 0.392 e. The molecule has 1 aromatic carbocycles. The van der Waals surface area contributed by atoms with Gasteiger partial charge in [-0.3, -0.25) is 4.79 Å². The maximum atomic E-state index is 12.5. The van der Waals surface area contributed by atoms with E-state index in [2.05, 4.69) is 17.1 Å². The fraction of sp³-hybridized carbons (Fsp3) is 0.562. The second-order valence-electron chi connectivity index (χ2n) is 5.44. The molecule has 2 N–H and O–H groups in total. The lowest BCUT2D eigenvalue weighted by atomic mass is 10.1. The Morgan fingerprint density at radius 2 is 1.95 bits per heavy atom. The van der Waals surface area contributed by atoms with E-state index < -0.39 is 0 Å². The molecule has 5 nitrogen and oxygen atoms in total. The van der Waals surface area contributed by atoms with Gasteiger partial charge in [-0.1, -0.05) is 25.1 Å². The fourth-order valence-corrected chi connectivity index (χ4v) is 2.65. The normalized spacial score (nSPS) is 17.6. The number of hydrogen-bond donors (Lipinski definition) is 2. The van der Waals surface area contributed by atoms with Crippen LogP contribution < -0.4 is 5.32 Å². The first-order valence-electron chi connectivity index (χ1n) is 7.62. The SMILES string of the molecule is CCN1CCN(C(=O)[C@@H](C)Nc2ccccc2CO)CC1. The zero-order valence-corrected chi connectivity index (χ0v) is 12.9. The van der Waals surface area contributed by atoms with Gasteiger partial charge in [0.25, 0.3) is 0 Å². The molecule has 0 aliphatic carbocycles. The van der Waals surface area contributed by atoms with Crippen LogP contribution in [-0.4, -0.2) is 59.6 Å². The molecule has 0 spiro atoms. The molecule has 1 aliphatic heterocycles. The number of nitrogens with zero attached hydrogens (tertiary/aromatic N) is 2. The van der Waals surface area contributed by atoms with Gasteiger partial charge in [0, 0.05) is 37.4 Å². The molecule has 1 heterocycles. The summed E-state index contributed by atoms with van der Waals surface area (Å²) in [5.41, 5.74) is 1.64. The van der Waals surface area contributed by atoms with Gasteiger partial charge in [0.1, 0.15) is 6.04 Å². The monoisotopic (exact) mass is 291 g/mol. The lowest BCUT2D eigenvalue weighted by Gasteiger charge is -2.35. The van der Waals surface area contributed by atoms with E-state index >= 15 is 0 Å². The highest BCUT2D eigenvalue weighted by Gasteiger charge is 2.24. The van der Waals surface area contributed by atoms with E-state index in [1.54, 1.807) is 0 Å². The van der Waals surface area contributed by atoms with Gasteiger partial charge >= 0.3 is 0 Å². The fourth-order valence-electron chi connectivity index (χ4n) is 2.65. The number of aliphatic hydroxyl groups excluding tert-OH is 1. The number of rotatable bonds is 5. The van der Waals surface area contributed by atoms with Crippen LogP contribution in [0.5, 0.6) is 0 Å². The number of nitrogens with one attached hydrogen (secondary N) is 1. The Labute approximate surface area is 126 Å². The smallest absolute Gasteiger partial charge is 0.244 e. The molecule has 0 unspecified atom stereocenters. The molecule has 0 radical (unpaired) electrons. The van der Waals surface area contributed by atoms with Crippen LogP contribution in [0.1, 0.15) is 19.4 Å². The minimum absolute atomic E-state index is 0.0285. The first kappa shape index (κ1) is 15.8. The van der Waals surface area contributed by atoms with Crippen molar-refractivity contribution in [3.05, 3.63) is 29.8 Å². The summed E-state index contributed by atoms with van der Waals surface area (Å²) >= 11 is 0. The zero-order valence-electron chi connectivity index (χ0n) is 12.9. The first-order valence-corrected chi connectivity index (χ1v) is 7.62. The van der Waals surface area contributed by atoms with Gasteiger partial charge < -0.3 is 20.2 Å². The molecule has 1 atom stereocenters. The van der Waals surface area contributed by atoms with Crippen LogP contribution in [0.4, 0.5) is 5.69 Å². The van der Waals surface area contributed by atoms with E-state index in [0.717, 1.165) is 44.0 Å². The molecular weight excluding hydrogens is 266 g/mol. The number of para-hydroxylation sites is 1. The summed E-state index contributed by atoms with van der Waals surface area (Å²) in [7, 11) is 0. The number of piperazine rings is 1. The van der Waals surface area contributed by atoms with Crippen LogP contribution in [0.25, 0.3) is 0 Å². The van der Waals surface area contributed by atoms with Crippen LogP contribution in [0.15, 0.2) is 24.3 Å². The summed E-state index contributed by atoms with van der Waals surface area (Å²) in [6, 6.07) is 7.25. The van der Waals surface area contributed by atoms with E-state index in [1.165, 1.54) is 0 Å². The highest BCUT2D eigenvalue weighted by Crippen LogP contribution is 2.16. The predicted molar refractivity (Wildman–Crippen MR) is 84.1 cm³/mol. The summed E-state index contributed by atoms with van der Waals surface area (Å²) in [6.45, 7) is 8.51. The molecule has 116 valence electrons. The van der Waals surface area contributed by atoms with Crippen LogP contribution in [-0.2, 0) is 11.4 Å². The molecular formula is C16H25N3O2. The van der Waals surface area contributed by atoms with Crippen molar-refractivity contribution in [2.24, 2.45) is 0 Å². The van der Waals surface area contributed by atoms with Crippen molar-refractivity contribution in [2.45, 2.75) is 26.5 Å². The second kappa shape index (κ2) is 7.43. The van der Waals surface area contributed by atoms with Crippen LogP contribution in [0.3, 0.4) is 0 Å². The molecule has 1 saturated heterocycles. The van der Waals surface area contributed by atoms with Crippen molar-refractivity contribution in [2.75, 3.05) is 38.0 Å². The van der Waals surface area contributed by atoms with Crippen molar-refractivity contribution in [1.82, 2.24) is 9.80 Å². The quantitative estimate of drug-likeness (QED) is 0.854. The lowest BCUT2D eigenvalue weighted by molar-refractivity contribution is -0.133. The number of anilines is 1. The summed E-state index contributed by atoms with van der Waals surface area (Å²) in [5, 5.41) is 12.6. The number of carbonyl (C=O) groups is 1. The van der Waals surface area contributed by atoms with Gasteiger partial charge in [0.2, 0.25) is 5.91 Å². The first-order chi connectivity index (χ1) is 10.2. The number of carbonyl (C=O) groups excluding carboxylic acids is 1. The van der Waals surface area contributed by atoms with Gasteiger partial charge in [-0.05, 0) is 19.5 Å². The van der Waals surface area contributed by atoms with Gasteiger partial charge in [-0.2, -0.15) is 0 Å². The summed E-state index contributed by atoms with van der Waals surface area (Å²) < 4.78 is 0. The molecule has 1 fully saturated rings. The van der Waals surface area contributed by atoms with Crippen LogP contribution in [0, 0.1) is 0 Å². The number of benzene rings is 1. The van der Waals surface area contributed by atoms with Gasteiger partial charge in [0.05, 0.1) is 6.61 Å². The van der Waals surface area contributed by atoms with Gasteiger partial charge in [-0.15, -0.1) is 0 Å². The highest BCUT2D eigenvalue weighted by atomic mass is 16.3. The van der Waals surface area contributed by atoms with Crippen molar-refractivity contribution < 1.29 is 9.90 Å². The highest BCUT2D eigenvalue weighted by molar-refractivity contribution is 5.84. The van der Waals surface area contributed by atoms with Crippen molar-refractivity contribution in [3.8, 4) is 0 Å². The predicted octanol–water partition coefficient (Wildman–Crippen LogP) is 1.14. The van der Waals surface area contributed by atoms with Crippen LogP contribution >= 0.6 is 0 Å². The molecule has 0 bridgehead atoms. The van der Waals surface area contributed by atoms with Crippen LogP contribution in [0.2, 0.25) is 0 Å². The average molecular weight is 291 g/mol. The van der Waals surface area contributed by atoms with Crippen molar-refractivity contribution >= 4 is 11.6 Å². The lowest BCUT2D eigenvalue weighted by Crippen LogP contribution is -2.52. The third kappa shape index (κ3) is 3.95. The van der Waals surface area contributed by atoms with Crippen molar-refractivity contribution in [1.29, 1.82) is 0 Å². The molecule has 21 heavy (non-hydrogen) atoms. The maximum Gasteiger partial charge on any atom is 0.244 e. The van der Waals surface area contributed by atoms with E-state index in [1.807, 2.05) is 36.1 Å². The summed E-state index contributed by atoms with van der Waals surface area (Å²) in [6.07, 6.45) is 0. The second-order valence-corrected chi connectivity index (χ2v) is 5.44. The zero-order chi connectivity index (χ0) is 15.2. The molecule has 0 saturated carbocycles. The standard InChI is InChI=1S/C16H25N3O2/c1-3-18-8-10-19(11-9-18)16(21)13(2)17-15-7-5-4-6-14(15)12-20/h4-7,13,17,20H,3,8-12H2,1-2H3/t13-/m1/s1. The Kier molecular flexibility index (Phi) is 5.59. The van der Waals surface area contributed by atoms with E-state index in [4.69, 9.17) is 0 Å². The molecule has 2 rings (SSSR count). The van der Waals surface area contributed by atoms with E-state index in [9.17, 15) is 9.90 Å². The van der Waals surface area contributed by atoms with Gasteiger partial charge in [-0.25, -0.2) is 0 Å². The Hall–Kier alpha value is -1.59. The number of aliphatic hydroxyl groups is 1. The third-order valence-electron chi connectivity index (χ3n) is 4.06. The number of hydrogen-bond acceptors (Lipinski definition) is 4. The minimum atomic E-state index is -0.286. The van der Waals surface area contributed by atoms with E-state index in [-0.39, 0.29) is 18.6 Å². The Morgan fingerprint density at radius 3 is 2.57 bits per heavy atom. The average Bonchev–Trinajstić information content (AvgIpc) is 2.54. The maximum absolute atomic E-state index is 12.5. The number of amides is 1. The van der Waals surface area contributed by atoms with Gasteiger partial charge in [0.15, 0.2) is 0 Å². The molecule has 1 aliphatic rings. The van der Waals surface area contributed by atoms with E-state index in [0.29, 0.717) is 0 Å². The molecule has 5 heteroatoms.